The molecule has 3 N–H and O–H groups in total. The molecule has 0 radical (unpaired) electrons. The fourth-order valence-corrected chi connectivity index (χ4v) is 0.533. The van der Waals surface area contributed by atoms with Crippen LogP contribution < -0.4 is 5.73 Å². The molecule has 2 nitrogen and oxygen atoms in total. The van der Waals surface area contributed by atoms with E-state index in [0.717, 1.165) is 6.42 Å². The molecule has 0 aliphatic heterocycles. The van der Waals surface area contributed by atoms with Crippen LogP contribution in [0, 0.1) is 5.92 Å². The minimum Gasteiger partial charge on any atom is -0.295 e. The molecule has 0 saturated carbocycles. The molecule has 0 bridgehead atoms. The highest BCUT2D eigenvalue weighted by atomic mass is 16.1. The molecule has 8 heavy (non-hydrogen) atoms. The average molecular weight is 116 g/mol. The van der Waals surface area contributed by atoms with E-state index in [9.17, 15) is 4.79 Å². The van der Waals surface area contributed by atoms with E-state index in [-0.39, 0.29) is 5.91 Å². The van der Waals surface area contributed by atoms with Crippen molar-refractivity contribution in [2.45, 2.75) is 26.7 Å². The molecule has 0 aromatic rings. The van der Waals surface area contributed by atoms with Crippen molar-refractivity contribution in [1.29, 1.82) is 0 Å². The number of rotatable bonds is 3. The Labute approximate surface area is 50.1 Å². The fourth-order valence-electron chi connectivity index (χ4n) is 0.533. The Bertz CT molecular complexity index is 80.6. The quantitative estimate of drug-likeness (QED) is 0.562. The maximum atomic E-state index is 10.3. The summed E-state index contributed by atoms with van der Waals surface area (Å²) >= 11 is 0. The predicted octanol–water partition coefficient (Wildman–Crippen LogP) is 0.191. The zero-order valence-electron chi connectivity index (χ0n) is 5.61. The van der Waals surface area contributed by atoms with Gasteiger partial charge in [-0.2, -0.15) is 0 Å². The maximum Gasteiger partial charge on any atom is 0.309 e. The lowest BCUT2D eigenvalue weighted by Crippen LogP contribution is -2.57. The second-order valence-corrected chi connectivity index (χ2v) is 2.26. The molecule has 0 aliphatic carbocycles. The van der Waals surface area contributed by atoms with Crippen molar-refractivity contribution in [2.24, 2.45) is 5.92 Å². The molecule has 0 rings (SSSR count). The lowest BCUT2D eigenvalue weighted by molar-refractivity contribution is -0.306. The Morgan fingerprint density at radius 3 is 2.38 bits per heavy atom. The van der Waals surface area contributed by atoms with Crippen LogP contribution in [0.15, 0.2) is 0 Å². The Morgan fingerprint density at radius 2 is 2.25 bits per heavy atom. The molecule has 1 amide bonds. The third kappa shape index (κ3) is 3.81. The van der Waals surface area contributed by atoms with Gasteiger partial charge in [-0.05, 0) is 5.92 Å². The summed E-state index contributed by atoms with van der Waals surface area (Å²) in [5.41, 5.74) is 3.29. The molecule has 0 spiro atoms. The third-order valence-corrected chi connectivity index (χ3v) is 1.27. The van der Waals surface area contributed by atoms with Crippen molar-refractivity contribution in [2.75, 3.05) is 0 Å². The number of carbonyl (C=O) groups excluding carboxylic acids is 1. The molecular formula is C6H14NO+. The van der Waals surface area contributed by atoms with Gasteiger partial charge in [0, 0.05) is 0 Å². The first kappa shape index (κ1) is 7.63. The van der Waals surface area contributed by atoms with Crippen LogP contribution in [0.3, 0.4) is 0 Å². The van der Waals surface area contributed by atoms with E-state index in [2.05, 4.69) is 19.6 Å². The lowest BCUT2D eigenvalue weighted by atomic mass is 10.1. The Kier molecular flexibility index (Phi) is 3.44. The molecule has 0 aromatic heterocycles. The van der Waals surface area contributed by atoms with Crippen molar-refractivity contribution in [3.8, 4) is 0 Å². The summed E-state index contributed by atoms with van der Waals surface area (Å²) in [6.07, 6.45) is 1.71. The zero-order chi connectivity index (χ0) is 6.57. The van der Waals surface area contributed by atoms with Crippen molar-refractivity contribution in [3.63, 3.8) is 0 Å². The van der Waals surface area contributed by atoms with Crippen molar-refractivity contribution in [3.05, 3.63) is 0 Å². The van der Waals surface area contributed by atoms with Gasteiger partial charge in [-0.3, -0.25) is 5.73 Å². The lowest BCUT2D eigenvalue weighted by Gasteiger charge is -1.99. The van der Waals surface area contributed by atoms with Gasteiger partial charge in [-0.15, -0.1) is 0 Å². The van der Waals surface area contributed by atoms with Crippen LogP contribution in [-0.2, 0) is 4.79 Å². The van der Waals surface area contributed by atoms with Gasteiger partial charge in [0.25, 0.3) is 0 Å². The smallest absolute Gasteiger partial charge is 0.295 e. The number of amides is 1. The molecule has 2 heteroatoms. The van der Waals surface area contributed by atoms with E-state index in [1.54, 1.807) is 0 Å². The summed E-state index contributed by atoms with van der Waals surface area (Å²) < 4.78 is 0. The van der Waals surface area contributed by atoms with Crippen LogP contribution >= 0.6 is 0 Å². The highest BCUT2D eigenvalue weighted by Crippen LogP contribution is 2.03. The van der Waals surface area contributed by atoms with Crippen LogP contribution in [0.4, 0.5) is 0 Å². The minimum atomic E-state index is 0.0550. The van der Waals surface area contributed by atoms with Crippen LogP contribution in [0.2, 0.25) is 0 Å². The summed E-state index contributed by atoms with van der Waals surface area (Å²) in [5, 5.41) is 0. The topological polar surface area (TPSA) is 44.7 Å². The first-order valence-electron chi connectivity index (χ1n) is 3.01. The SMILES string of the molecule is CCC(C)CC([NH3+])=O. The zero-order valence-corrected chi connectivity index (χ0v) is 5.61. The van der Waals surface area contributed by atoms with E-state index >= 15 is 0 Å². The van der Waals surface area contributed by atoms with Crippen molar-refractivity contribution in [1.82, 2.24) is 0 Å². The van der Waals surface area contributed by atoms with Crippen molar-refractivity contribution >= 4 is 5.91 Å². The molecule has 0 fully saturated rings. The predicted molar refractivity (Wildman–Crippen MR) is 32.0 cm³/mol. The monoisotopic (exact) mass is 116 g/mol. The van der Waals surface area contributed by atoms with Gasteiger partial charge in [0.15, 0.2) is 0 Å². The van der Waals surface area contributed by atoms with E-state index < -0.39 is 0 Å². The molecule has 0 aromatic carbocycles. The summed E-state index contributed by atoms with van der Waals surface area (Å²) in [4.78, 5) is 10.3. The van der Waals surface area contributed by atoms with Gasteiger partial charge >= 0.3 is 5.91 Å². The molecule has 0 heterocycles. The summed E-state index contributed by atoms with van der Waals surface area (Å²) in [7, 11) is 0. The molecule has 1 unspecified atom stereocenters. The van der Waals surface area contributed by atoms with Gasteiger partial charge in [-0.1, -0.05) is 20.3 Å². The first-order chi connectivity index (χ1) is 3.66. The molecule has 48 valence electrons. The van der Waals surface area contributed by atoms with Gasteiger partial charge < -0.3 is 0 Å². The second kappa shape index (κ2) is 3.61. The van der Waals surface area contributed by atoms with E-state index in [0.29, 0.717) is 12.3 Å². The highest BCUT2D eigenvalue weighted by molar-refractivity contribution is 5.64. The largest absolute Gasteiger partial charge is 0.309 e. The normalized spacial score (nSPS) is 13.4. The number of quaternary nitrogens is 1. The fraction of sp³-hybridized carbons (Fsp3) is 0.833. The maximum absolute atomic E-state index is 10.3. The van der Waals surface area contributed by atoms with Gasteiger partial charge in [0.2, 0.25) is 0 Å². The van der Waals surface area contributed by atoms with Crippen LogP contribution in [0.1, 0.15) is 26.7 Å². The number of hydrogen-bond acceptors (Lipinski definition) is 1. The van der Waals surface area contributed by atoms with Gasteiger partial charge in [-0.25, -0.2) is 4.79 Å². The van der Waals surface area contributed by atoms with E-state index in [4.69, 9.17) is 0 Å². The Morgan fingerprint density at radius 1 is 1.75 bits per heavy atom. The standard InChI is InChI=1S/C6H13NO/c1-3-5(2)4-6(7)8/h5H,3-4H2,1-2H3,(H2,7,8)/p+1. The van der Waals surface area contributed by atoms with Gasteiger partial charge in [0.1, 0.15) is 0 Å². The highest BCUT2D eigenvalue weighted by Gasteiger charge is 2.04. The van der Waals surface area contributed by atoms with Crippen molar-refractivity contribution < 1.29 is 10.5 Å². The molecular weight excluding hydrogens is 102 g/mol. The summed E-state index contributed by atoms with van der Waals surface area (Å²) in [6.45, 7) is 4.14. The third-order valence-electron chi connectivity index (χ3n) is 1.27. The average Bonchev–Trinajstić information content (AvgIpc) is 1.65. The van der Waals surface area contributed by atoms with Crippen LogP contribution in [0.5, 0.6) is 0 Å². The number of hydrogen-bond donors (Lipinski definition) is 1. The molecule has 1 atom stereocenters. The van der Waals surface area contributed by atoms with Crippen LogP contribution in [0.25, 0.3) is 0 Å². The Balaban J connectivity index is 3.24. The molecule has 0 aliphatic rings. The summed E-state index contributed by atoms with van der Waals surface area (Å²) in [5.74, 6) is 0.569. The minimum absolute atomic E-state index is 0.0550. The molecule has 0 saturated heterocycles. The van der Waals surface area contributed by atoms with Gasteiger partial charge in [0.05, 0.1) is 6.42 Å². The number of carbonyl (C=O) groups is 1. The Hall–Kier alpha value is -0.370. The van der Waals surface area contributed by atoms with E-state index in [1.165, 1.54) is 0 Å². The first-order valence-corrected chi connectivity index (χ1v) is 3.01. The second-order valence-electron chi connectivity index (χ2n) is 2.26. The van der Waals surface area contributed by atoms with E-state index in [1.807, 2.05) is 0 Å². The summed E-state index contributed by atoms with van der Waals surface area (Å²) in [6, 6.07) is 0. The van der Waals surface area contributed by atoms with Crippen LogP contribution in [-0.4, -0.2) is 5.91 Å².